The van der Waals surface area contributed by atoms with Crippen LogP contribution in [0.5, 0.6) is 0 Å². The Hall–Kier alpha value is -1.13. The van der Waals surface area contributed by atoms with E-state index in [1.165, 1.54) is 24.0 Å². The van der Waals surface area contributed by atoms with Crippen LogP contribution in [0.25, 0.3) is 0 Å². The van der Waals surface area contributed by atoms with Crippen molar-refractivity contribution >= 4 is 34.8 Å². The molecule has 6 heteroatoms. The van der Waals surface area contributed by atoms with Crippen LogP contribution in [0, 0.1) is 0 Å². The average Bonchev–Trinajstić information content (AvgIpc) is 3.04. The van der Waals surface area contributed by atoms with E-state index in [1.807, 2.05) is 6.07 Å². The first kappa shape index (κ1) is 12.6. The fraction of sp³-hybridized carbons (Fsp3) is 0.500. The summed E-state index contributed by atoms with van der Waals surface area (Å²) in [6.07, 6.45) is 3.46. The molecule has 1 atom stereocenters. The third-order valence-electron chi connectivity index (χ3n) is 4.32. The van der Waals surface area contributed by atoms with Gasteiger partial charge in [0.25, 0.3) is 0 Å². The van der Waals surface area contributed by atoms with E-state index in [0.717, 1.165) is 47.7 Å². The number of aliphatic imine (C=N–C) groups is 1. The summed E-state index contributed by atoms with van der Waals surface area (Å²) in [5, 5.41) is 6.91. The van der Waals surface area contributed by atoms with Gasteiger partial charge < -0.3 is 5.32 Å². The lowest BCUT2D eigenvalue weighted by atomic mass is 9.84. The van der Waals surface area contributed by atoms with Gasteiger partial charge >= 0.3 is 0 Å². The van der Waals surface area contributed by atoms with Gasteiger partial charge in [0.2, 0.25) is 5.96 Å². The Kier molecular flexibility index (Phi) is 2.97. The number of rotatable bonds is 1. The zero-order valence-electron chi connectivity index (χ0n) is 11.0. The third-order valence-corrected chi connectivity index (χ3v) is 4.95. The predicted octanol–water partition coefficient (Wildman–Crippen LogP) is 2.70. The van der Waals surface area contributed by atoms with Gasteiger partial charge in [0.05, 0.1) is 17.3 Å². The van der Waals surface area contributed by atoms with Crippen molar-refractivity contribution in [3.63, 3.8) is 0 Å². The van der Waals surface area contributed by atoms with Crippen molar-refractivity contribution in [3.8, 4) is 0 Å². The number of nitrogens with zero attached hydrogens (tertiary/aromatic N) is 2. The van der Waals surface area contributed by atoms with Crippen molar-refractivity contribution in [2.45, 2.75) is 25.2 Å². The summed E-state index contributed by atoms with van der Waals surface area (Å²) in [5.74, 6) is 1.36. The molecule has 0 radical (unpaired) electrons. The van der Waals surface area contributed by atoms with Crippen molar-refractivity contribution in [2.75, 3.05) is 24.6 Å². The lowest BCUT2D eigenvalue weighted by Gasteiger charge is -2.23. The van der Waals surface area contributed by atoms with Gasteiger partial charge in [-0.3, -0.25) is 15.4 Å². The molecule has 0 aromatic heterocycles. The van der Waals surface area contributed by atoms with Crippen LogP contribution in [0.1, 0.15) is 29.9 Å². The van der Waals surface area contributed by atoms with E-state index in [0.29, 0.717) is 5.92 Å². The van der Waals surface area contributed by atoms with Crippen molar-refractivity contribution < 1.29 is 0 Å². The van der Waals surface area contributed by atoms with Gasteiger partial charge in [-0.2, -0.15) is 0 Å². The van der Waals surface area contributed by atoms with Crippen LogP contribution >= 0.6 is 23.2 Å². The molecule has 4 nitrogen and oxygen atoms in total. The molecule has 0 spiro atoms. The van der Waals surface area contributed by atoms with Crippen LogP contribution in [0.4, 0.5) is 5.69 Å². The predicted molar refractivity (Wildman–Crippen MR) is 82.9 cm³/mol. The van der Waals surface area contributed by atoms with Crippen molar-refractivity contribution in [2.24, 2.45) is 4.99 Å². The molecule has 0 amide bonds. The highest BCUT2D eigenvalue weighted by Gasteiger charge is 2.36. The second kappa shape index (κ2) is 4.71. The fourth-order valence-corrected chi connectivity index (χ4v) is 4.18. The average molecular weight is 311 g/mol. The maximum absolute atomic E-state index is 6.45. The standard InChI is InChI=1S/C14H16Cl2N4/c15-10-6-11(16)13-12-8(2-1-3-9(10)12)7-20(13)19-14-17-4-5-18-14/h6,8H,1-5,7H2,(H2,17,18,19). The molecule has 2 aliphatic heterocycles. The lowest BCUT2D eigenvalue weighted by Crippen LogP contribution is -2.46. The second-order valence-corrected chi connectivity index (χ2v) is 6.36. The minimum Gasteiger partial charge on any atom is -0.353 e. The summed E-state index contributed by atoms with van der Waals surface area (Å²) in [5.41, 5.74) is 7.08. The summed E-state index contributed by atoms with van der Waals surface area (Å²) < 4.78 is 0. The van der Waals surface area contributed by atoms with Gasteiger partial charge in [-0.1, -0.05) is 23.2 Å². The smallest absolute Gasteiger partial charge is 0.210 e. The number of benzene rings is 1. The van der Waals surface area contributed by atoms with Crippen LogP contribution in [0.3, 0.4) is 0 Å². The maximum Gasteiger partial charge on any atom is 0.210 e. The minimum absolute atomic E-state index is 0.527. The van der Waals surface area contributed by atoms with Crippen LogP contribution in [0.2, 0.25) is 10.0 Å². The lowest BCUT2D eigenvalue weighted by molar-refractivity contribution is 0.567. The molecule has 1 aliphatic carbocycles. The van der Waals surface area contributed by atoms with Crippen molar-refractivity contribution in [3.05, 3.63) is 27.2 Å². The minimum atomic E-state index is 0.527. The molecule has 0 bridgehead atoms. The summed E-state index contributed by atoms with van der Waals surface area (Å²) in [6.45, 7) is 2.65. The molecule has 4 rings (SSSR count). The van der Waals surface area contributed by atoms with Crippen LogP contribution < -0.4 is 15.8 Å². The number of anilines is 1. The first-order chi connectivity index (χ1) is 9.74. The van der Waals surface area contributed by atoms with Gasteiger partial charge in [-0.15, -0.1) is 0 Å². The van der Waals surface area contributed by atoms with Gasteiger partial charge in [0.15, 0.2) is 0 Å². The molecular weight excluding hydrogens is 295 g/mol. The highest BCUT2D eigenvalue weighted by atomic mass is 35.5. The summed E-state index contributed by atoms with van der Waals surface area (Å²) in [6, 6.07) is 1.88. The number of guanidine groups is 1. The van der Waals surface area contributed by atoms with E-state index in [-0.39, 0.29) is 0 Å². The Morgan fingerprint density at radius 1 is 1.35 bits per heavy atom. The van der Waals surface area contributed by atoms with Crippen LogP contribution in [-0.4, -0.2) is 25.6 Å². The zero-order chi connectivity index (χ0) is 13.7. The number of halogens is 2. The highest BCUT2D eigenvalue weighted by molar-refractivity contribution is 6.37. The quantitative estimate of drug-likeness (QED) is 0.838. The summed E-state index contributed by atoms with van der Waals surface area (Å²) in [4.78, 5) is 4.39. The number of nitrogens with one attached hydrogen (secondary N) is 2. The molecule has 106 valence electrons. The van der Waals surface area contributed by atoms with Crippen LogP contribution in [-0.2, 0) is 6.42 Å². The molecule has 1 aromatic carbocycles. The van der Waals surface area contributed by atoms with Gasteiger partial charge in [0, 0.05) is 24.0 Å². The summed E-state index contributed by atoms with van der Waals surface area (Å²) in [7, 11) is 0. The Bertz CT molecular complexity index is 599. The van der Waals surface area contributed by atoms with Gasteiger partial charge in [-0.25, -0.2) is 0 Å². The molecule has 0 saturated carbocycles. The number of hydrogen-bond acceptors (Lipinski definition) is 4. The summed E-state index contributed by atoms with van der Waals surface area (Å²) >= 11 is 12.8. The van der Waals surface area contributed by atoms with E-state index in [9.17, 15) is 0 Å². The molecule has 1 unspecified atom stereocenters. The molecule has 20 heavy (non-hydrogen) atoms. The molecule has 3 aliphatic rings. The zero-order valence-corrected chi connectivity index (χ0v) is 12.6. The number of hydrazine groups is 1. The van der Waals surface area contributed by atoms with E-state index in [1.54, 1.807) is 0 Å². The molecule has 1 aromatic rings. The van der Waals surface area contributed by atoms with Crippen molar-refractivity contribution in [1.82, 2.24) is 10.7 Å². The Labute approximate surface area is 128 Å². The van der Waals surface area contributed by atoms with Crippen LogP contribution in [0.15, 0.2) is 11.1 Å². The highest BCUT2D eigenvalue weighted by Crippen LogP contribution is 2.49. The largest absolute Gasteiger partial charge is 0.353 e. The van der Waals surface area contributed by atoms with E-state index in [2.05, 4.69) is 20.7 Å². The number of hydrogen-bond donors (Lipinski definition) is 2. The fourth-order valence-electron chi connectivity index (χ4n) is 3.50. The monoisotopic (exact) mass is 310 g/mol. The molecular formula is C14H16Cl2N4. The normalized spacial score (nSPS) is 23.4. The Morgan fingerprint density at radius 3 is 3.05 bits per heavy atom. The second-order valence-electron chi connectivity index (χ2n) is 5.55. The Balaban J connectivity index is 1.76. The maximum atomic E-state index is 6.45. The first-order valence-corrected chi connectivity index (χ1v) is 7.83. The third kappa shape index (κ3) is 1.85. The molecule has 0 fully saturated rings. The van der Waals surface area contributed by atoms with Crippen molar-refractivity contribution in [1.29, 1.82) is 0 Å². The molecule has 0 saturated heterocycles. The topological polar surface area (TPSA) is 39.7 Å². The van der Waals surface area contributed by atoms with Gasteiger partial charge in [0.1, 0.15) is 0 Å². The van der Waals surface area contributed by atoms with E-state index >= 15 is 0 Å². The van der Waals surface area contributed by atoms with E-state index in [4.69, 9.17) is 23.2 Å². The molecule has 2 N–H and O–H groups in total. The van der Waals surface area contributed by atoms with Gasteiger partial charge in [-0.05, 0) is 36.5 Å². The molecule has 2 heterocycles. The Morgan fingerprint density at radius 2 is 2.25 bits per heavy atom. The SMILES string of the molecule is Clc1cc(Cl)c2c3c1CCCC3CN2NC1=NCCN1. The first-order valence-electron chi connectivity index (χ1n) is 7.07. The van der Waals surface area contributed by atoms with E-state index < -0.39 is 0 Å².